The molecule has 136 valence electrons. The predicted octanol–water partition coefficient (Wildman–Crippen LogP) is 4.12. The van der Waals surface area contributed by atoms with Crippen LogP contribution in [0.3, 0.4) is 0 Å². The van der Waals surface area contributed by atoms with Gasteiger partial charge in [0.25, 0.3) is 0 Å². The van der Waals surface area contributed by atoms with E-state index in [9.17, 15) is 9.59 Å². The van der Waals surface area contributed by atoms with Crippen LogP contribution in [-0.4, -0.2) is 17.4 Å². The van der Waals surface area contributed by atoms with Crippen molar-refractivity contribution in [3.8, 4) is 0 Å². The van der Waals surface area contributed by atoms with E-state index in [1.165, 1.54) is 6.92 Å². The number of nitrogens with one attached hydrogen (secondary N) is 1. The molecule has 4 heteroatoms. The van der Waals surface area contributed by atoms with Gasteiger partial charge in [0, 0.05) is 6.54 Å². The lowest BCUT2D eigenvalue weighted by Crippen LogP contribution is -2.29. The highest BCUT2D eigenvalue weighted by atomic mass is 16.6. The maximum atomic E-state index is 12.7. The van der Waals surface area contributed by atoms with Crippen LogP contribution < -0.4 is 5.32 Å². The van der Waals surface area contributed by atoms with Crippen LogP contribution in [0.25, 0.3) is 5.70 Å². The van der Waals surface area contributed by atoms with Crippen LogP contribution in [0.15, 0.2) is 66.2 Å². The predicted molar refractivity (Wildman–Crippen MR) is 103 cm³/mol. The number of hydrogen-bond donors (Lipinski definition) is 1. The first-order valence-electron chi connectivity index (χ1n) is 8.59. The smallest absolute Gasteiger partial charge is 0.344 e. The fourth-order valence-corrected chi connectivity index (χ4v) is 2.48. The van der Waals surface area contributed by atoms with E-state index in [1.807, 2.05) is 60.7 Å². The van der Waals surface area contributed by atoms with Crippen molar-refractivity contribution >= 4 is 17.4 Å². The van der Waals surface area contributed by atoms with Crippen LogP contribution in [0.2, 0.25) is 0 Å². The lowest BCUT2D eigenvalue weighted by atomic mass is 10.0. The summed E-state index contributed by atoms with van der Waals surface area (Å²) in [6, 6.07) is 19.1. The first-order valence-corrected chi connectivity index (χ1v) is 8.59. The van der Waals surface area contributed by atoms with Gasteiger partial charge in [0.15, 0.2) is 5.78 Å². The zero-order valence-corrected chi connectivity index (χ0v) is 15.7. The van der Waals surface area contributed by atoms with E-state index in [4.69, 9.17) is 4.74 Å². The Morgan fingerprint density at radius 3 is 1.96 bits per heavy atom. The van der Waals surface area contributed by atoms with Crippen LogP contribution in [0.4, 0.5) is 0 Å². The highest BCUT2D eigenvalue weighted by Crippen LogP contribution is 2.21. The summed E-state index contributed by atoms with van der Waals surface area (Å²) >= 11 is 0. The molecule has 0 unspecified atom stereocenters. The van der Waals surface area contributed by atoms with E-state index in [2.05, 4.69) is 5.32 Å². The molecule has 4 nitrogen and oxygen atoms in total. The molecule has 0 heterocycles. The van der Waals surface area contributed by atoms with E-state index in [1.54, 1.807) is 20.8 Å². The molecule has 0 bridgehead atoms. The zero-order valence-electron chi connectivity index (χ0n) is 15.7. The molecule has 0 saturated heterocycles. The monoisotopic (exact) mass is 351 g/mol. The first kappa shape index (κ1) is 19.4. The summed E-state index contributed by atoms with van der Waals surface area (Å²) in [5.41, 5.74) is 1.64. The van der Waals surface area contributed by atoms with Gasteiger partial charge >= 0.3 is 5.97 Å². The minimum atomic E-state index is -0.682. The number of benzene rings is 2. The Morgan fingerprint density at radius 2 is 1.46 bits per heavy atom. The molecular weight excluding hydrogens is 326 g/mol. The van der Waals surface area contributed by atoms with Crippen molar-refractivity contribution in [3.05, 3.63) is 77.4 Å². The van der Waals surface area contributed by atoms with Crippen LogP contribution in [0.1, 0.15) is 38.8 Å². The van der Waals surface area contributed by atoms with Gasteiger partial charge in [-0.2, -0.15) is 0 Å². The van der Waals surface area contributed by atoms with E-state index in [0.29, 0.717) is 12.2 Å². The molecule has 0 saturated carbocycles. The molecule has 0 aromatic heterocycles. The fourth-order valence-electron chi connectivity index (χ4n) is 2.48. The summed E-state index contributed by atoms with van der Waals surface area (Å²) < 4.78 is 5.46. The maximum Gasteiger partial charge on any atom is 0.344 e. The summed E-state index contributed by atoms with van der Waals surface area (Å²) in [5.74, 6) is -0.955. The third kappa shape index (κ3) is 5.59. The van der Waals surface area contributed by atoms with Gasteiger partial charge in [-0.1, -0.05) is 60.7 Å². The Morgan fingerprint density at radius 1 is 0.923 bits per heavy atom. The Labute approximate surface area is 154 Å². The van der Waals surface area contributed by atoms with Crippen molar-refractivity contribution in [2.75, 3.05) is 0 Å². The number of esters is 1. The van der Waals surface area contributed by atoms with Gasteiger partial charge in [0.2, 0.25) is 0 Å². The summed E-state index contributed by atoms with van der Waals surface area (Å²) in [6.45, 7) is 7.21. The molecular formula is C22H25NO3. The fraction of sp³-hybridized carbons (Fsp3) is 0.273. The standard InChI is InChI=1S/C22H25NO3/c1-16(24)19(21(25)26-22(2,3)4)20(18-13-9-6-10-14-18)23-15-17-11-7-5-8-12-17/h5-14,23H,15H2,1-4H3. The van der Waals surface area contributed by atoms with Crippen molar-refractivity contribution in [2.24, 2.45) is 0 Å². The topological polar surface area (TPSA) is 55.4 Å². The molecule has 0 amide bonds. The number of carbonyl (C=O) groups excluding carboxylic acids is 2. The second-order valence-corrected chi connectivity index (χ2v) is 7.01. The Balaban J connectivity index is 2.45. The van der Waals surface area contributed by atoms with Gasteiger partial charge in [-0.15, -0.1) is 0 Å². The van der Waals surface area contributed by atoms with E-state index < -0.39 is 11.6 Å². The van der Waals surface area contributed by atoms with E-state index in [-0.39, 0.29) is 11.4 Å². The van der Waals surface area contributed by atoms with Crippen molar-refractivity contribution in [1.82, 2.24) is 5.32 Å². The average Bonchev–Trinajstić information content (AvgIpc) is 2.58. The molecule has 0 spiro atoms. The van der Waals surface area contributed by atoms with Crippen molar-refractivity contribution in [3.63, 3.8) is 0 Å². The highest BCUT2D eigenvalue weighted by Gasteiger charge is 2.26. The molecule has 2 aromatic carbocycles. The van der Waals surface area contributed by atoms with Gasteiger partial charge in [-0.05, 0) is 38.8 Å². The van der Waals surface area contributed by atoms with E-state index in [0.717, 1.165) is 11.1 Å². The van der Waals surface area contributed by atoms with Crippen LogP contribution in [0, 0.1) is 0 Å². The number of carbonyl (C=O) groups is 2. The highest BCUT2D eigenvalue weighted by molar-refractivity contribution is 6.21. The number of ketones is 1. The molecule has 26 heavy (non-hydrogen) atoms. The lowest BCUT2D eigenvalue weighted by Gasteiger charge is -2.22. The summed E-state index contributed by atoms with van der Waals surface area (Å²) in [6.07, 6.45) is 0. The van der Waals surface area contributed by atoms with Gasteiger partial charge < -0.3 is 10.1 Å². The van der Waals surface area contributed by atoms with Crippen molar-refractivity contribution in [1.29, 1.82) is 0 Å². The maximum absolute atomic E-state index is 12.7. The minimum absolute atomic E-state index is 0.0297. The number of Topliss-reactive ketones (excluding diaryl/α,β-unsaturated/α-hetero) is 1. The molecule has 0 radical (unpaired) electrons. The molecule has 1 N–H and O–H groups in total. The number of rotatable bonds is 6. The molecule has 2 aromatic rings. The zero-order chi connectivity index (χ0) is 19.2. The Bertz CT molecular complexity index is 787. The number of ether oxygens (including phenoxy) is 1. The summed E-state index contributed by atoms with van der Waals surface area (Å²) in [7, 11) is 0. The van der Waals surface area contributed by atoms with Crippen molar-refractivity contribution in [2.45, 2.75) is 39.8 Å². The summed E-state index contributed by atoms with van der Waals surface area (Å²) in [4.78, 5) is 25.0. The van der Waals surface area contributed by atoms with Gasteiger partial charge in [0.1, 0.15) is 11.2 Å². The lowest BCUT2D eigenvalue weighted by molar-refractivity contribution is -0.150. The van der Waals surface area contributed by atoms with Crippen LogP contribution >= 0.6 is 0 Å². The van der Waals surface area contributed by atoms with Crippen LogP contribution in [0.5, 0.6) is 0 Å². The van der Waals surface area contributed by atoms with Crippen LogP contribution in [-0.2, 0) is 20.9 Å². The van der Waals surface area contributed by atoms with Gasteiger partial charge in [-0.25, -0.2) is 4.79 Å². The van der Waals surface area contributed by atoms with Gasteiger partial charge in [0.05, 0.1) is 5.70 Å². The average molecular weight is 351 g/mol. The first-order chi connectivity index (χ1) is 12.3. The molecule has 0 fully saturated rings. The second kappa shape index (κ2) is 8.48. The molecule has 0 aliphatic rings. The SMILES string of the molecule is CC(=O)C(C(=O)OC(C)(C)C)=C(NCc1ccccc1)c1ccccc1. The number of hydrogen-bond acceptors (Lipinski definition) is 4. The second-order valence-electron chi connectivity index (χ2n) is 7.01. The third-order valence-corrected chi connectivity index (χ3v) is 3.58. The molecule has 0 aliphatic heterocycles. The Hall–Kier alpha value is -2.88. The Kier molecular flexibility index (Phi) is 6.34. The largest absolute Gasteiger partial charge is 0.456 e. The molecule has 0 atom stereocenters. The van der Waals surface area contributed by atoms with Gasteiger partial charge in [-0.3, -0.25) is 4.79 Å². The minimum Gasteiger partial charge on any atom is -0.456 e. The quantitative estimate of drug-likeness (QED) is 0.368. The molecule has 0 aliphatic carbocycles. The van der Waals surface area contributed by atoms with Crippen molar-refractivity contribution < 1.29 is 14.3 Å². The normalized spacial score (nSPS) is 12.2. The third-order valence-electron chi connectivity index (χ3n) is 3.58. The molecule has 2 rings (SSSR count). The van der Waals surface area contributed by atoms with E-state index >= 15 is 0 Å². The summed E-state index contributed by atoms with van der Waals surface area (Å²) in [5, 5.41) is 3.26.